The Morgan fingerprint density at radius 1 is 1.14 bits per heavy atom. The molecule has 1 aliphatic rings. The van der Waals surface area contributed by atoms with Crippen LogP contribution < -0.4 is 25.0 Å². The number of fused-ring (bicyclic) bond motifs is 2. The number of hydrogen-bond acceptors (Lipinski definition) is 7. The van der Waals surface area contributed by atoms with E-state index in [1.54, 1.807) is 56.3 Å². The summed E-state index contributed by atoms with van der Waals surface area (Å²) in [6, 6.07) is 14.8. The van der Waals surface area contributed by atoms with Gasteiger partial charge in [-0.15, -0.1) is 0 Å². The van der Waals surface area contributed by atoms with Gasteiger partial charge in [-0.25, -0.2) is 4.79 Å². The summed E-state index contributed by atoms with van der Waals surface area (Å²) in [5, 5.41) is 7.30. The van der Waals surface area contributed by atoms with Crippen LogP contribution in [0.25, 0.3) is 10.8 Å². The lowest BCUT2D eigenvalue weighted by atomic mass is 10.00. The molecule has 4 rings (SSSR count). The van der Waals surface area contributed by atoms with E-state index in [0.717, 1.165) is 16.3 Å². The van der Waals surface area contributed by atoms with Gasteiger partial charge in [-0.1, -0.05) is 24.3 Å². The Balaban J connectivity index is 1.78. The maximum Gasteiger partial charge on any atom is 0.337 e. The normalized spacial score (nSPS) is 15.9. The highest BCUT2D eigenvalue weighted by atomic mass is 16.5. The molecule has 2 unspecified atom stereocenters. The SMILES string of the molecule is CNC(C)C(=O)NC1COc2ccccc2N(Cc2c(OC)ccc3cc(C(=O)OC)ccc23)C1=O. The van der Waals surface area contributed by atoms with Crippen LogP contribution in [-0.4, -0.2) is 57.7 Å². The van der Waals surface area contributed by atoms with E-state index in [9.17, 15) is 14.4 Å². The van der Waals surface area contributed by atoms with E-state index in [2.05, 4.69) is 10.6 Å². The Labute approximate surface area is 209 Å². The number of carbonyl (C=O) groups is 3. The third kappa shape index (κ3) is 4.83. The fourth-order valence-corrected chi connectivity index (χ4v) is 4.18. The number of esters is 1. The van der Waals surface area contributed by atoms with Gasteiger partial charge < -0.3 is 29.7 Å². The van der Waals surface area contributed by atoms with Crippen LogP contribution in [0.1, 0.15) is 22.8 Å². The first-order valence-electron chi connectivity index (χ1n) is 11.6. The lowest BCUT2D eigenvalue weighted by molar-refractivity contribution is -0.129. The van der Waals surface area contributed by atoms with Crippen LogP contribution in [0.4, 0.5) is 5.69 Å². The van der Waals surface area contributed by atoms with E-state index in [1.165, 1.54) is 7.11 Å². The minimum absolute atomic E-state index is 0.00365. The molecule has 0 radical (unpaired) electrons. The van der Waals surface area contributed by atoms with Crippen LogP contribution in [0.15, 0.2) is 54.6 Å². The molecule has 3 aromatic carbocycles. The Bertz CT molecular complexity index is 1310. The number of carbonyl (C=O) groups excluding carboxylic acids is 3. The number of anilines is 1. The van der Waals surface area contributed by atoms with Crippen molar-refractivity contribution in [1.29, 1.82) is 0 Å². The molecule has 1 heterocycles. The number of benzene rings is 3. The summed E-state index contributed by atoms with van der Waals surface area (Å²) in [6.07, 6.45) is 0. The quantitative estimate of drug-likeness (QED) is 0.490. The van der Waals surface area contributed by atoms with E-state index in [-0.39, 0.29) is 25.0 Å². The van der Waals surface area contributed by atoms with Crippen LogP contribution in [0.5, 0.6) is 11.5 Å². The second kappa shape index (κ2) is 10.7. The minimum atomic E-state index is -0.882. The molecule has 188 valence electrons. The number of ether oxygens (including phenoxy) is 3. The fourth-order valence-electron chi connectivity index (χ4n) is 4.18. The molecule has 2 amide bonds. The number of methoxy groups -OCH3 is 2. The topological polar surface area (TPSA) is 106 Å². The Kier molecular flexibility index (Phi) is 7.40. The Morgan fingerprint density at radius 2 is 1.92 bits per heavy atom. The monoisotopic (exact) mass is 491 g/mol. The summed E-state index contributed by atoms with van der Waals surface area (Å²) >= 11 is 0. The number of rotatable bonds is 7. The molecule has 0 saturated heterocycles. The first-order valence-corrected chi connectivity index (χ1v) is 11.6. The second-order valence-electron chi connectivity index (χ2n) is 8.45. The first-order chi connectivity index (χ1) is 17.4. The van der Waals surface area contributed by atoms with E-state index in [0.29, 0.717) is 22.7 Å². The summed E-state index contributed by atoms with van der Waals surface area (Å²) in [6.45, 7) is 1.88. The standard InChI is InChI=1S/C27H29N3O6/c1-16(28-2)25(31)29-21-15-36-24-8-6-5-7-22(24)30(26(21)32)14-20-19-11-9-18(27(33)35-4)13-17(19)10-12-23(20)34-3/h5-13,16,21,28H,14-15H2,1-4H3,(H,29,31). The van der Waals surface area contributed by atoms with E-state index < -0.39 is 18.1 Å². The average molecular weight is 492 g/mol. The molecule has 9 heteroatoms. The molecule has 0 saturated carbocycles. The zero-order valence-corrected chi connectivity index (χ0v) is 20.7. The predicted octanol–water partition coefficient (Wildman–Crippen LogP) is 2.65. The highest BCUT2D eigenvalue weighted by Gasteiger charge is 2.34. The lowest BCUT2D eigenvalue weighted by Crippen LogP contribution is -2.53. The third-order valence-corrected chi connectivity index (χ3v) is 6.31. The summed E-state index contributed by atoms with van der Waals surface area (Å²) in [4.78, 5) is 40.0. The zero-order valence-electron chi connectivity index (χ0n) is 20.7. The molecule has 1 aliphatic heterocycles. The molecule has 2 N–H and O–H groups in total. The summed E-state index contributed by atoms with van der Waals surface area (Å²) in [5.41, 5.74) is 1.77. The third-order valence-electron chi connectivity index (χ3n) is 6.31. The molecular formula is C27H29N3O6. The molecule has 0 aliphatic carbocycles. The lowest BCUT2D eigenvalue weighted by Gasteiger charge is -2.27. The number of nitrogens with zero attached hydrogens (tertiary/aromatic N) is 1. The van der Waals surface area contributed by atoms with Gasteiger partial charge in [0.05, 0.1) is 38.1 Å². The van der Waals surface area contributed by atoms with E-state index in [1.807, 2.05) is 24.3 Å². The smallest absolute Gasteiger partial charge is 0.337 e. The van der Waals surface area contributed by atoms with Gasteiger partial charge in [0.15, 0.2) is 0 Å². The van der Waals surface area contributed by atoms with E-state index in [4.69, 9.17) is 14.2 Å². The van der Waals surface area contributed by atoms with Crippen LogP contribution >= 0.6 is 0 Å². The predicted molar refractivity (Wildman–Crippen MR) is 135 cm³/mol. The van der Waals surface area contributed by atoms with Gasteiger partial charge in [-0.3, -0.25) is 9.59 Å². The fraction of sp³-hybridized carbons (Fsp3) is 0.296. The highest BCUT2D eigenvalue weighted by Crippen LogP contribution is 2.36. The van der Waals surface area contributed by atoms with E-state index >= 15 is 0 Å². The molecule has 0 bridgehead atoms. The molecule has 0 aromatic heterocycles. The van der Waals surface area contributed by atoms with Crippen molar-refractivity contribution in [2.75, 3.05) is 32.8 Å². The maximum absolute atomic E-state index is 13.8. The molecule has 2 atom stereocenters. The minimum Gasteiger partial charge on any atom is -0.496 e. The van der Waals surface area contributed by atoms with Gasteiger partial charge in [0.1, 0.15) is 24.1 Å². The van der Waals surface area contributed by atoms with Crippen LogP contribution in [0.3, 0.4) is 0 Å². The average Bonchev–Trinajstić information content (AvgIpc) is 3.04. The highest BCUT2D eigenvalue weighted by molar-refractivity contribution is 6.02. The Hall–Kier alpha value is -4.11. The van der Waals surface area contributed by atoms with Crippen LogP contribution in [0.2, 0.25) is 0 Å². The zero-order chi connectivity index (χ0) is 25.8. The molecular weight excluding hydrogens is 462 g/mol. The molecule has 0 fully saturated rings. The molecule has 36 heavy (non-hydrogen) atoms. The number of para-hydroxylation sites is 2. The number of hydrogen-bond donors (Lipinski definition) is 2. The van der Waals surface area contributed by atoms with Gasteiger partial charge in [0.25, 0.3) is 5.91 Å². The number of amides is 2. The van der Waals surface area contributed by atoms with Crippen molar-refractivity contribution in [3.8, 4) is 11.5 Å². The largest absolute Gasteiger partial charge is 0.496 e. The van der Waals surface area contributed by atoms with Crippen molar-refractivity contribution < 1.29 is 28.6 Å². The van der Waals surface area contributed by atoms with Gasteiger partial charge in [-0.05, 0) is 55.1 Å². The van der Waals surface area contributed by atoms with Crippen LogP contribution in [-0.2, 0) is 20.9 Å². The van der Waals surface area contributed by atoms with Crippen LogP contribution in [0, 0.1) is 0 Å². The van der Waals surface area contributed by atoms with Crippen molar-refractivity contribution in [2.45, 2.75) is 25.6 Å². The second-order valence-corrected chi connectivity index (χ2v) is 8.45. The maximum atomic E-state index is 13.8. The van der Waals surface area contributed by atoms with Crippen molar-refractivity contribution >= 4 is 34.2 Å². The summed E-state index contributed by atoms with van der Waals surface area (Å²) in [7, 11) is 4.58. The molecule has 9 nitrogen and oxygen atoms in total. The Morgan fingerprint density at radius 3 is 2.64 bits per heavy atom. The first kappa shape index (κ1) is 25.0. The number of likely N-dealkylation sites (N-methyl/N-ethyl adjacent to an activating group) is 1. The number of nitrogens with one attached hydrogen (secondary N) is 2. The van der Waals surface area contributed by atoms with Gasteiger partial charge >= 0.3 is 5.97 Å². The van der Waals surface area contributed by atoms with Crippen molar-refractivity contribution in [3.63, 3.8) is 0 Å². The summed E-state index contributed by atoms with van der Waals surface area (Å²) < 4.78 is 16.4. The van der Waals surface area contributed by atoms with Crippen molar-refractivity contribution in [1.82, 2.24) is 10.6 Å². The van der Waals surface area contributed by atoms with Gasteiger partial charge in [0.2, 0.25) is 5.91 Å². The van der Waals surface area contributed by atoms with Gasteiger partial charge in [0, 0.05) is 5.56 Å². The molecule has 0 spiro atoms. The summed E-state index contributed by atoms with van der Waals surface area (Å²) in [5.74, 6) is 0.0901. The molecule has 3 aromatic rings. The van der Waals surface area contributed by atoms with Gasteiger partial charge in [-0.2, -0.15) is 0 Å². The van der Waals surface area contributed by atoms with Crippen molar-refractivity contribution in [2.24, 2.45) is 0 Å². The van der Waals surface area contributed by atoms with Crippen molar-refractivity contribution in [3.05, 3.63) is 65.7 Å².